The molecule has 0 aliphatic carbocycles. The van der Waals surface area contributed by atoms with Gasteiger partial charge < -0.3 is 20.1 Å². The van der Waals surface area contributed by atoms with E-state index in [0.29, 0.717) is 17.9 Å². The Morgan fingerprint density at radius 3 is 2.85 bits per heavy atom. The van der Waals surface area contributed by atoms with E-state index >= 15 is 0 Å². The van der Waals surface area contributed by atoms with Crippen molar-refractivity contribution in [2.75, 3.05) is 5.73 Å². The third-order valence-corrected chi connectivity index (χ3v) is 5.50. The molecule has 3 N–H and O–H groups in total. The monoisotopic (exact) mass is 363 g/mol. The lowest BCUT2D eigenvalue weighted by Gasteiger charge is -2.23. The lowest BCUT2D eigenvalue weighted by molar-refractivity contribution is -0.157. The number of aromatic nitrogens is 2. The Labute approximate surface area is 154 Å². The number of para-hydroxylation sites is 1. The van der Waals surface area contributed by atoms with Crippen molar-refractivity contribution in [2.24, 2.45) is 0 Å². The van der Waals surface area contributed by atoms with E-state index in [1.807, 2.05) is 24.3 Å². The molecule has 136 valence electrons. The minimum Gasteiger partial charge on any atom is -0.458 e. The van der Waals surface area contributed by atoms with Crippen LogP contribution in [0.15, 0.2) is 29.1 Å². The first-order valence-electron chi connectivity index (χ1n) is 8.83. The van der Waals surface area contributed by atoms with Crippen LogP contribution in [0.2, 0.25) is 0 Å². The number of hydrogen-bond donors (Lipinski definition) is 2. The summed E-state index contributed by atoms with van der Waals surface area (Å²) in [5, 5.41) is 11.3. The van der Waals surface area contributed by atoms with Crippen LogP contribution in [0.5, 0.6) is 0 Å². The highest BCUT2D eigenvalue weighted by Crippen LogP contribution is 2.42. The molecule has 0 fully saturated rings. The Balaban J connectivity index is 1.89. The fraction of sp³-hybridized carbons (Fsp3) is 0.250. The van der Waals surface area contributed by atoms with Gasteiger partial charge in [0.2, 0.25) is 0 Å². The van der Waals surface area contributed by atoms with Crippen LogP contribution in [-0.2, 0) is 29.1 Å². The van der Waals surface area contributed by atoms with Gasteiger partial charge in [-0.2, -0.15) is 0 Å². The van der Waals surface area contributed by atoms with Crippen molar-refractivity contribution in [2.45, 2.75) is 32.6 Å². The number of nitrogen functional groups attached to an aromatic ring is 1. The van der Waals surface area contributed by atoms with E-state index in [1.54, 1.807) is 4.57 Å². The standard InChI is InChI=1S/C20H17N3O4/c1-2-9-10-5-3-4-6-13(10)22-16-11(9)7-23-17(16)15(21)14-12(19(23)25)8-27-20(26)18(14)24/h3-6,18,24H,2,7-8,21H2,1H3. The van der Waals surface area contributed by atoms with Gasteiger partial charge in [-0.3, -0.25) is 4.79 Å². The maximum absolute atomic E-state index is 13.0. The van der Waals surface area contributed by atoms with E-state index in [0.717, 1.165) is 28.5 Å². The number of esters is 1. The van der Waals surface area contributed by atoms with Gasteiger partial charge in [-0.1, -0.05) is 25.1 Å². The van der Waals surface area contributed by atoms with E-state index < -0.39 is 12.1 Å². The molecule has 7 nitrogen and oxygen atoms in total. The molecule has 2 aromatic heterocycles. The molecule has 3 aromatic rings. The maximum atomic E-state index is 13.0. The van der Waals surface area contributed by atoms with Gasteiger partial charge in [-0.25, -0.2) is 9.78 Å². The molecule has 2 aliphatic heterocycles. The summed E-state index contributed by atoms with van der Waals surface area (Å²) in [6.07, 6.45) is -0.764. The fourth-order valence-electron chi connectivity index (χ4n) is 4.26. The molecule has 5 rings (SSSR count). The van der Waals surface area contributed by atoms with Crippen LogP contribution < -0.4 is 11.3 Å². The Hall–Kier alpha value is -3.19. The highest BCUT2D eigenvalue weighted by molar-refractivity contribution is 5.92. The summed E-state index contributed by atoms with van der Waals surface area (Å²) in [6.45, 7) is 2.26. The lowest BCUT2D eigenvalue weighted by atomic mass is 9.96. The molecular formula is C20H17N3O4. The van der Waals surface area contributed by atoms with Gasteiger partial charge in [0.15, 0.2) is 6.10 Å². The van der Waals surface area contributed by atoms with Crippen LogP contribution in [0.1, 0.15) is 35.3 Å². The number of carbonyl (C=O) groups excluding carboxylic acids is 1. The molecule has 0 spiro atoms. The van der Waals surface area contributed by atoms with E-state index in [-0.39, 0.29) is 29.0 Å². The topological polar surface area (TPSA) is 107 Å². The molecule has 0 radical (unpaired) electrons. The number of fused-ring (bicyclic) bond motifs is 5. The highest BCUT2D eigenvalue weighted by Gasteiger charge is 2.37. The quantitative estimate of drug-likeness (QED) is 0.498. The minimum atomic E-state index is -1.55. The van der Waals surface area contributed by atoms with Crippen LogP contribution in [0.25, 0.3) is 22.3 Å². The Kier molecular flexibility index (Phi) is 3.21. The van der Waals surface area contributed by atoms with Crippen LogP contribution in [0.4, 0.5) is 5.69 Å². The molecule has 0 saturated heterocycles. The number of aliphatic hydroxyl groups excluding tert-OH is 1. The first-order chi connectivity index (χ1) is 13.0. The van der Waals surface area contributed by atoms with Crippen LogP contribution in [0, 0.1) is 0 Å². The molecular weight excluding hydrogens is 346 g/mol. The minimum absolute atomic E-state index is 0.156. The second kappa shape index (κ2) is 5.40. The summed E-state index contributed by atoms with van der Waals surface area (Å²) in [4.78, 5) is 29.6. The predicted octanol–water partition coefficient (Wildman–Crippen LogP) is 1.66. The zero-order chi connectivity index (χ0) is 18.9. The molecule has 0 saturated carbocycles. The number of aliphatic hydroxyl groups is 1. The molecule has 1 unspecified atom stereocenters. The highest BCUT2D eigenvalue weighted by atomic mass is 16.5. The van der Waals surface area contributed by atoms with Crippen LogP contribution >= 0.6 is 0 Å². The Morgan fingerprint density at radius 2 is 2.07 bits per heavy atom. The van der Waals surface area contributed by atoms with E-state index in [9.17, 15) is 14.7 Å². The van der Waals surface area contributed by atoms with Gasteiger partial charge >= 0.3 is 5.97 Å². The van der Waals surface area contributed by atoms with Crippen molar-refractivity contribution in [1.82, 2.24) is 9.55 Å². The molecule has 1 aromatic carbocycles. The van der Waals surface area contributed by atoms with Gasteiger partial charge in [0.05, 0.1) is 34.7 Å². The van der Waals surface area contributed by atoms with Crippen molar-refractivity contribution < 1.29 is 14.6 Å². The molecule has 1 atom stereocenters. The normalized spacial score (nSPS) is 17.4. The Morgan fingerprint density at radius 1 is 1.30 bits per heavy atom. The summed E-state index contributed by atoms with van der Waals surface area (Å²) < 4.78 is 6.50. The fourth-order valence-corrected chi connectivity index (χ4v) is 4.26. The van der Waals surface area contributed by atoms with Crippen molar-refractivity contribution >= 4 is 22.6 Å². The molecule has 4 heterocycles. The average molecular weight is 363 g/mol. The van der Waals surface area contributed by atoms with Crippen LogP contribution in [-0.4, -0.2) is 20.6 Å². The van der Waals surface area contributed by atoms with Gasteiger partial charge in [0.1, 0.15) is 6.61 Å². The molecule has 2 aliphatic rings. The van der Waals surface area contributed by atoms with Crippen LogP contribution in [0.3, 0.4) is 0 Å². The summed E-state index contributed by atoms with van der Waals surface area (Å²) in [6, 6.07) is 7.84. The lowest BCUT2D eigenvalue weighted by Crippen LogP contribution is -2.33. The summed E-state index contributed by atoms with van der Waals surface area (Å²) in [5.74, 6) is -0.794. The van der Waals surface area contributed by atoms with Crippen molar-refractivity contribution in [3.05, 3.63) is 56.9 Å². The zero-order valence-electron chi connectivity index (χ0n) is 14.7. The van der Waals surface area contributed by atoms with Crippen molar-refractivity contribution in [3.63, 3.8) is 0 Å². The SMILES string of the molecule is CCc1c2c(nc3ccccc13)-c1c(N)c3c(c(=O)n1C2)COC(=O)C3O. The number of aryl methyl sites for hydroxylation is 1. The van der Waals surface area contributed by atoms with Gasteiger partial charge in [-0.15, -0.1) is 0 Å². The number of nitrogens with zero attached hydrogens (tertiary/aromatic N) is 2. The van der Waals surface area contributed by atoms with E-state index in [4.69, 9.17) is 15.5 Å². The van der Waals surface area contributed by atoms with E-state index in [2.05, 4.69) is 6.92 Å². The second-order valence-corrected chi connectivity index (χ2v) is 6.84. The first kappa shape index (κ1) is 16.0. The number of benzene rings is 1. The zero-order valence-corrected chi connectivity index (χ0v) is 14.7. The van der Waals surface area contributed by atoms with Crippen molar-refractivity contribution in [1.29, 1.82) is 0 Å². The smallest absolute Gasteiger partial charge is 0.340 e. The maximum Gasteiger partial charge on any atom is 0.340 e. The van der Waals surface area contributed by atoms with Crippen molar-refractivity contribution in [3.8, 4) is 11.4 Å². The number of nitrogens with two attached hydrogens (primary N) is 1. The molecule has 7 heteroatoms. The predicted molar refractivity (Wildman–Crippen MR) is 99.1 cm³/mol. The summed E-state index contributed by atoms with van der Waals surface area (Å²) in [7, 11) is 0. The third kappa shape index (κ3) is 1.97. The summed E-state index contributed by atoms with van der Waals surface area (Å²) >= 11 is 0. The average Bonchev–Trinajstić information content (AvgIpc) is 3.05. The number of ether oxygens (including phenoxy) is 1. The van der Waals surface area contributed by atoms with E-state index in [1.165, 1.54) is 0 Å². The van der Waals surface area contributed by atoms with Gasteiger partial charge in [0, 0.05) is 16.5 Å². The number of hydrogen-bond acceptors (Lipinski definition) is 6. The number of rotatable bonds is 1. The number of anilines is 1. The number of cyclic esters (lactones) is 1. The first-order valence-corrected chi connectivity index (χ1v) is 8.83. The van der Waals surface area contributed by atoms with Gasteiger partial charge in [0.25, 0.3) is 5.56 Å². The number of pyridine rings is 2. The van der Waals surface area contributed by atoms with Gasteiger partial charge in [-0.05, 0) is 18.1 Å². The third-order valence-electron chi connectivity index (χ3n) is 5.50. The number of carbonyl (C=O) groups is 1. The molecule has 27 heavy (non-hydrogen) atoms. The second-order valence-electron chi connectivity index (χ2n) is 6.84. The summed E-state index contributed by atoms with van der Waals surface area (Å²) in [5.41, 5.74) is 10.7. The molecule has 0 amide bonds. The molecule has 0 bridgehead atoms. The largest absolute Gasteiger partial charge is 0.458 e. The Bertz CT molecular complexity index is 1210.